The van der Waals surface area contributed by atoms with Gasteiger partial charge in [0.05, 0.1) is 25.9 Å². The SMILES string of the molecule is CC1CCC(OCCOCCN)CC1. The maximum absolute atomic E-state index is 5.71. The predicted octanol–water partition coefficient (Wildman–Crippen LogP) is 1.56. The summed E-state index contributed by atoms with van der Waals surface area (Å²) in [5.74, 6) is 0.892. The molecule has 0 atom stereocenters. The molecule has 3 nitrogen and oxygen atoms in total. The maximum Gasteiger partial charge on any atom is 0.0704 e. The van der Waals surface area contributed by atoms with Gasteiger partial charge in [-0.05, 0) is 31.6 Å². The van der Waals surface area contributed by atoms with Gasteiger partial charge in [0.25, 0.3) is 0 Å². The minimum Gasteiger partial charge on any atom is -0.378 e. The number of ether oxygens (including phenoxy) is 2. The van der Waals surface area contributed by atoms with Crippen LogP contribution >= 0.6 is 0 Å². The first-order valence-electron chi connectivity index (χ1n) is 5.72. The van der Waals surface area contributed by atoms with E-state index in [4.69, 9.17) is 15.2 Å². The Balaban J connectivity index is 1.91. The van der Waals surface area contributed by atoms with E-state index in [1.165, 1.54) is 25.7 Å². The summed E-state index contributed by atoms with van der Waals surface area (Å²) < 4.78 is 11.0. The third kappa shape index (κ3) is 4.94. The molecule has 3 heteroatoms. The van der Waals surface area contributed by atoms with Crippen LogP contribution in [0, 0.1) is 5.92 Å². The van der Waals surface area contributed by atoms with E-state index in [2.05, 4.69) is 6.92 Å². The minimum absolute atomic E-state index is 0.479. The fraction of sp³-hybridized carbons (Fsp3) is 1.00. The lowest BCUT2D eigenvalue weighted by Crippen LogP contribution is -2.22. The summed E-state index contributed by atoms with van der Waals surface area (Å²) in [4.78, 5) is 0. The van der Waals surface area contributed by atoms with Crippen LogP contribution < -0.4 is 5.73 Å². The van der Waals surface area contributed by atoms with E-state index in [-0.39, 0.29) is 0 Å². The lowest BCUT2D eigenvalue weighted by atomic mass is 9.89. The molecule has 0 unspecified atom stereocenters. The van der Waals surface area contributed by atoms with Crippen molar-refractivity contribution in [2.45, 2.75) is 38.7 Å². The number of hydrogen-bond acceptors (Lipinski definition) is 3. The van der Waals surface area contributed by atoms with Crippen molar-refractivity contribution in [1.82, 2.24) is 0 Å². The normalized spacial score (nSPS) is 27.9. The monoisotopic (exact) mass is 201 g/mol. The van der Waals surface area contributed by atoms with Crippen molar-refractivity contribution in [3.63, 3.8) is 0 Å². The third-order valence-electron chi connectivity index (χ3n) is 2.81. The first-order chi connectivity index (χ1) is 6.83. The van der Waals surface area contributed by atoms with E-state index in [1.807, 2.05) is 0 Å². The molecule has 1 rings (SSSR count). The van der Waals surface area contributed by atoms with Crippen LogP contribution in [0.25, 0.3) is 0 Å². The Kier molecular flexibility index (Phi) is 6.15. The summed E-state index contributed by atoms with van der Waals surface area (Å²) in [5.41, 5.74) is 5.30. The standard InChI is InChI=1S/C11H23NO2/c1-10-2-4-11(5-3-10)14-9-8-13-7-6-12/h10-11H,2-9,12H2,1H3. The fourth-order valence-electron chi connectivity index (χ4n) is 1.86. The molecular formula is C11H23NO2. The Morgan fingerprint density at radius 1 is 1.07 bits per heavy atom. The van der Waals surface area contributed by atoms with Gasteiger partial charge in [0.1, 0.15) is 0 Å². The lowest BCUT2D eigenvalue weighted by Gasteiger charge is -2.26. The molecular weight excluding hydrogens is 178 g/mol. The van der Waals surface area contributed by atoms with Crippen molar-refractivity contribution >= 4 is 0 Å². The quantitative estimate of drug-likeness (QED) is 0.663. The van der Waals surface area contributed by atoms with Crippen LogP contribution in [0.1, 0.15) is 32.6 Å². The Morgan fingerprint density at radius 3 is 2.43 bits per heavy atom. The molecule has 0 bridgehead atoms. The van der Waals surface area contributed by atoms with Crippen LogP contribution in [0.3, 0.4) is 0 Å². The second-order valence-electron chi connectivity index (χ2n) is 4.15. The lowest BCUT2D eigenvalue weighted by molar-refractivity contribution is -0.0140. The third-order valence-corrected chi connectivity index (χ3v) is 2.81. The average Bonchev–Trinajstić information content (AvgIpc) is 2.21. The minimum atomic E-state index is 0.479. The zero-order chi connectivity index (χ0) is 10.2. The molecule has 14 heavy (non-hydrogen) atoms. The van der Waals surface area contributed by atoms with Gasteiger partial charge in [0, 0.05) is 6.54 Å². The molecule has 0 heterocycles. The predicted molar refractivity (Wildman–Crippen MR) is 57.2 cm³/mol. The Labute approximate surface area is 86.9 Å². The first kappa shape index (κ1) is 12.0. The topological polar surface area (TPSA) is 44.5 Å². The number of hydrogen-bond donors (Lipinski definition) is 1. The van der Waals surface area contributed by atoms with Gasteiger partial charge in [-0.15, -0.1) is 0 Å². The summed E-state index contributed by atoms with van der Waals surface area (Å²) in [6, 6.07) is 0. The van der Waals surface area contributed by atoms with E-state index in [1.54, 1.807) is 0 Å². The maximum atomic E-state index is 5.71. The van der Waals surface area contributed by atoms with E-state index < -0.39 is 0 Å². The van der Waals surface area contributed by atoms with Crippen LogP contribution in [-0.2, 0) is 9.47 Å². The van der Waals surface area contributed by atoms with Crippen molar-refractivity contribution in [1.29, 1.82) is 0 Å². The van der Waals surface area contributed by atoms with E-state index >= 15 is 0 Å². The molecule has 0 radical (unpaired) electrons. The molecule has 1 aliphatic carbocycles. The number of rotatable bonds is 6. The van der Waals surface area contributed by atoms with Gasteiger partial charge in [-0.3, -0.25) is 0 Å². The van der Waals surface area contributed by atoms with Crippen LogP contribution in [0.15, 0.2) is 0 Å². The molecule has 0 amide bonds. The second-order valence-corrected chi connectivity index (χ2v) is 4.15. The molecule has 2 N–H and O–H groups in total. The summed E-state index contributed by atoms with van der Waals surface area (Å²) in [5, 5.41) is 0. The van der Waals surface area contributed by atoms with Gasteiger partial charge in [-0.1, -0.05) is 6.92 Å². The van der Waals surface area contributed by atoms with Crippen molar-refractivity contribution in [2.75, 3.05) is 26.4 Å². The Bertz CT molecular complexity index is 133. The second kappa shape index (κ2) is 7.21. The molecule has 1 saturated carbocycles. The van der Waals surface area contributed by atoms with Crippen LogP contribution in [0.2, 0.25) is 0 Å². The highest BCUT2D eigenvalue weighted by molar-refractivity contribution is 4.69. The van der Waals surface area contributed by atoms with Gasteiger partial charge in [-0.2, -0.15) is 0 Å². The van der Waals surface area contributed by atoms with Crippen molar-refractivity contribution < 1.29 is 9.47 Å². The first-order valence-corrected chi connectivity index (χ1v) is 5.72. The highest BCUT2D eigenvalue weighted by Gasteiger charge is 2.17. The molecule has 0 aliphatic heterocycles. The fourth-order valence-corrected chi connectivity index (χ4v) is 1.86. The van der Waals surface area contributed by atoms with E-state index in [0.29, 0.717) is 25.9 Å². The highest BCUT2D eigenvalue weighted by atomic mass is 16.5. The Hall–Kier alpha value is -0.120. The van der Waals surface area contributed by atoms with Crippen molar-refractivity contribution in [2.24, 2.45) is 11.7 Å². The van der Waals surface area contributed by atoms with Crippen LogP contribution in [-0.4, -0.2) is 32.5 Å². The summed E-state index contributed by atoms with van der Waals surface area (Å²) in [7, 11) is 0. The molecule has 1 aliphatic rings. The van der Waals surface area contributed by atoms with E-state index in [9.17, 15) is 0 Å². The van der Waals surface area contributed by atoms with Gasteiger partial charge < -0.3 is 15.2 Å². The molecule has 1 fully saturated rings. The molecule has 0 aromatic heterocycles. The highest BCUT2D eigenvalue weighted by Crippen LogP contribution is 2.25. The smallest absolute Gasteiger partial charge is 0.0704 e. The van der Waals surface area contributed by atoms with Gasteiger partial charge in [0.2, 0.25) is 0 Å². The molecule has 0 aromatic carbocycles. The zero-order valence-corrected chi connectivity index (χ0v) is 9.21. The van der Waals surface area contributed by atoms with Crippen LogP contribution in [0.4, 0.5) is 0 Å². The summed E-state index contributed by atoms with van der Waals surface area (Å²) >= 11 is 0. The van der Waals surface area contributed by atoms with Gasteiger partial charge in [-0.25, -0.2) is 0 Å². The number of nitrogens with two attached hydrogens (primary N) is 1. The molecule has 0 saturated heterocycles. The summed E-state index contributed by atoms with van der Waals surface area (Å²) in [6.07, 6.45) is 5.55. The molecule has 84 valence electrons. The van der Waals surface area contributed by atoms with Crippen molar-refractivity contribution in [3.05, 3.63) is 0 Å². The van der Waals surface area contributed by atoms with Crippen molar-refractivity contribution in [3.8, 4) is 0 Å². The van der Waals surface area contributed by atoms with Gasteiger partial charge in [0.15, 0.2) is 0 Å². The average molecular weight is 201 g/mol. The molecule has 0 aromatic rings. The zero-order valence-electron chi connectivity index (χ0n) is 9.21. The largest absolute Gasteiger partial charge is 0.378 e. The summed E-state index contributed by atoms with van der Waals surface area (Å²) in [6.45, 7) is 4.97. The Morgan fingerprint density at radius 2 is 1.79 bits per heavy atom. The van der Waals surface area contributed by atoms with Crippen LogP contribution in [0.5, 0.6) is 0 Å². The molecule has 0 spiro atoms. The van der Waals surface area contributed by atoms with Gasteiger partial charge >= 0.3 is 0 Å². The van der Waals surface area contributed by atoms with E-state index in [0.717, 1.165) is 12.5 Å².